The lowest BCUT2D eigenvalue weighted by molar-refractivity contribution is -0.139. The highest BCUT2D eigenvalue weighted by molar-refractivity contribution is 5.67. The first-order chi connectivity index (χ1) is 11.9. The van der Waals surface area contributed by atoms with Gasteiger partial charge >= 0.3 is 12.3 Å². The van der Waals surface area contributed by atoms with Crippen LogP contribution in [0.3, 0.4) is 0 Å². The molecule has 1 aromatic rings. The van der Waals surface area contributed by atoms with Crippen LogP contribution in [0.2, 0.25) is 0 Å². The minimum Gasteiger partial charge on any atom is -0.493 e. The zero-order valence-corrected chi connectivity index (χ0v) is 14.3. The second kappa shape index (κ2) is 8.97. The van der Waals surface area contributed by atoms with E-state index in [1.807, 2.05) is 6.92 Å². The molecule has 0 aliphatic carbocycles. The molecule has 0 radical (unpaired) electrons. The predicted molar refractivity (Wildman–Crippen MR) is 87.5 cm³/mol. The molecule has 0 atom stereocenters. The van der Waals surface area contributed by atoms with Crippen molar-refractivity contribution in [1.29, 1.82) is 0 Å². The second-order valence-corrected chi connectivity index (χ2v) is 6.20. The third-order valence-corrected chi connectivity index (χ3v) is 4.26. The Hall–Kier alpha value is -1.92. The number of carbonyl (C=O) groups is 1. The molecule has 0 aromatic heterocycles. The summed E-state index contributed by atoms with van der Waals surface area (Å²) in [6.07, 6.45) is -1.55. The molecule has 2 rings (SSSR count). The van der Waals surface area contributed by atoms with E-state index in [9.17, 15) is 18.0 Å². The minimum atomic E-state index is -4.43. The highest BCUT2D eigenvalue weighted by atomic mass is 19.4. The zero-order valence-electron chi connectivity index (χ0n) is 14.3. The van der Waals surface area contributed by atoms with Crippen LogP contribution in [0.4, 0.5) is 18.0 Å². The van der Waals surface area contributed by atoms with Crippen molar-refractivity contribution in [3.05, 3.63) is 29.8 Å². The maximum absolute atomic E-state index is 12.9. The summed E-state index contributed by atoms with van der Waals surface area (Å²) in [7, 11) is 0. The third kappa shape index (κ3) is 5.83. The quantitative estimate of drug-likeness (QED) is 0.689. The molecule has 1 aliphatic heterocycles. The number of halogens is 3. The zero-order chi connectivity index (χ0) is 18.3. The van der Waals surface area contributed by atoms with E-state index in [2.05, 4.69) is 0 Å². The van der Waals surface area contributed by atoms with Gasteiger partial charge in [0.2, 0.25) is 0 Å². The number of carbonyl (C=O) groups excluding carboxylic acids is 1. The van der Waals surface area contributed by atoms with Crippen molar-refractivity contribution < 1.29 is 27.4 Å². The van der Waals surface area contributed by atoms with Crippen LogP contribution in [0.15, 0.2) is 24.3 Å². The van der Waals surface area contributed by atoms with Gasteiger partial charge in [0.25, 0.3) is 0 Å². The number of unbranched alkanes of at least 4 members (excludes halogenated alkanes) is 1. The largest absolute Gasteiger partial charge is 0.493 e. The van der Waals surface area contributed by atoms with E-state index in [4.69, 9.17) is 9.47 Å². The molecule has 4 nitrogen and oxygen atoms in total. The van der Waals surface area contributed by atoms with Crippen LogP contribution >= 0.6 is 0 Å². The van der Waals surface area contributed by atoms with E-state index in [-0.39, 0.29) is 24.4 Å². The van der Waals surface area contributed by atoms with Gasteiger partial charge in [-0.15, -0.1) is 0 Å². The molecule has 0 N–H and O–H groups in total. The Morgan fingerprint density at radius 2 is 1.92 bits per heavy atom. The lowest BCUT2D eigenvalue weighted by Gasteiger charge is -2.31. The van der Waals surface area contributed by atoms with Crippen molar-refractivity contribution in [2.75, 3.05) is 26.3 Å². The van der Waals surface area contributed by atoms with Crippen LogP contribution in [-0.2, 0) is 10.9 Å². The molecule has 25 heavy (non-hydrogen) atoms. The van der Waals surface area contributed by atoms with Gasteiger partial charge in [-0.3, -0.25) is 0 Å². The highest BCUT2D eigenvalue weighted by Gasteiger charge is 2.34. The summed E-state index contributed by atoms with van der Waals surface area (Å²) in [6, 6.07) is 5.23. The Bertz CT molecular complexity index is 555. The van der Waals surface area contributed by atoms with E-state index >= 15 is 0 Å². The van der Waals surface area contributed by atoms with Gasteiger partial charge in [-0.1, -0.05) is 25.5 Å². The first-order valence-corrected chi connectivity index (χ1v) is 8.62. The molecule has 0 spiro atoms. The third-order valence-electron chi connectivity index (χ3n) is 4.26. The fourth-order valence-electron chi connectivity index (χ4n) is 2.71. The first kappa shape index (κ1) is 19.4. The average molecular weight is 359 g/mol. The summed E-state index contributed by atoms with van der Waals surface area (Å²) in [4.78, 5) is 13.5. The van der Waals surface area contributed by atoms with Crippen LogP contribution in [0, 0.1) is 5.92 Å². The Balaban J connectivity index is 1.79. The van der Waals surface area contributed by atoms with E-state index in [0.29, 0.717) is 32.5 Å². The molecule has 1 fully saturated rings. The van der Waals surface area contributed by atoms with Gasteiger partial charge < -0.3 is 14.4 Å². The van der Waals surface area contributed by atoms with Crippen molar-refractivity contribution in [1.82, 2.24) is 4.90 Å². The molecular weight excluding hydrogens is 335 g/mol. The molecule has 0 saturated carbocycles. The molecule has 140 valence electrons. The van der Waals surface area contributed by atoms with Gasteiger partial charge in [0.15, 0.2) is 0 Å². The maximum Gasteiger partial charge on any atom is 0.419 e. The fraction of sp³-hybridized carbons (Fsp3) is 0.611. The molecular formula is C18H24F3NO3. The minimum absolute atomic E-state index is 0.126. The number of nitrogens with zero attached hydrogens (tertiary/aromatic N) is 1. The molecule has 1 saturated heterocycles. The van der Waals surface area contributed by atoms with Gasteiger partial charge in [-0.2, -0.15) is 13.2 Å². The van der Waals surface area contributed by atoms with Crippen LogP contribution in [0.5, 0.6) is 5.75 Å². The van der Waals surface area contributed by atoms with Crippen molar-refractivity contribution in [2.24, 2.45) is 5.92 Å². The number of hydrogen-bond acceptors (Lipinski definition) is 3. The number of ether oxygens (including phenoxy) is 2. The Morgan fingerprint density at radius 1 is 1.24 bits per heavy atom. The maximum atomic E-state index is 12.9. The van der Waals surface area contributed by atoms with E-state index < -0.39 is 11.7 Å². The Kier molecular flexibility index (Phi) is 6.96. The first-order valence-electron chi connectivity index (χ1n) is 8.62. The second-order valence-electron chi connectivity index (χ2n) is 6.20. The summed E-state index contributed by atoms with van der Waals surface area (Å²) in [5.74, 6) is -0.0163. The topological polar surface area (TPSA) is 38.8 Å². The molecule has 7 heteroatoms. The van der Waals surface area contributed by atoms with E-state index in [0.717, 1.165) is 18.9 Å². The number of benzene rings is 1. The van der Waals surface area contributed by atoms with Gasteiger partial charge in [-0.25, -0.2) is 4.79 Å². The molecule has 0 unspecified atom stereocenters. The summed E-state index contributed by atoms with van der Waals surface area (Å²) in [5, 5.41) is 0. The molecule has 1 amide bonds. The van der Waals surface area contributed by atoms with Gasteiger partial charge in [0, 0.05) is 13.1 Å². The molecule has 1 heterocycles. The van der Waals surface area contributed by atoms with Gasteiger partial charge in [-0.05, 0) is 37.3 Å². The van der Waals surface area contributed by atoms with Crippen molar-refractivity contribution in [3.8, 4) is 5.75 Å². The Morgan fingerprint density at radius 3 is 2.56 bits per heavy atom. The monoisotopic (exact) mass is 359 g/mol. The summed E-state index contributed by atoms with van der Waals surface area (Å²) in [6.45, 7) is 3.74. The standard InChI is InChI=1S/C18H24F3NO3/c1-2-3-12-24-17(23)22-10-8-14(9-11-22)13-25-16-7-5-4-6-15(16)18(19,20)21/h4-7,14H,2-3,8-13H2,1H3. The molecule has 1 aliphatic rings. The summed E-state index contributed by atoms with van der Waals surface area (Å²) >= 11 is 0. The van der Waals surface area contributed by atoms with E-state index in [1.165, 1.54) is 18.2 Å². The average Bonchev–Trinajstić information content (AvgIpc) is 2.60. The van der Waals surface area contributed by atoms with Crippen molar-refractivity contribution in [3.63, 3.8) is 0 Å². The fourth-order valence-corrected chi connectivity index (χ4v) is 2.71. The lowest BCUT2D eigenvalue weighted by Crippen LogP contribution is -2.40. The summed E-state index contributed by atoms with van der Waals surface area (Å²) in [5.41, 5.74) is -0.757. The number of alkyl halides is 3. The molecule has 1 aromatic carbocycles. The number of hydrogen-bond donors (Lipinski definition) is 0. The number of likely N-dealkylation sites (tertiary alicyclic amines) is 1. The number of amides is 1. The normalized spacial score (nSPS) is 15.9. The number of rotatable bonds is 6. The SMILES string of the molecule is CCCCOC(=O)N1CCC(COc2ccccc2C(F)(F)F)CC1. The van der Waals surface area contributed by atoms with Crippen LogP contribution in [-0.4, -0.2) is 37.3 Å². The highest BCUT2D eigenvalue weighted by Crippen LogP contribution is 2.36. The van der Waals surface area contributed by atoms with Crippen LogP contribution < -0.4 is 4.74 Å². The van der Waals surface area contributed by atoms with Crippen LogP contribution in [0.25, 0.3) is 0 Å². The van der Waals surface area contributed by atoms with Crippen molar-refractivity contribution >= 4 is 6.09 Å². The van der Waals surface area contributed by atoms with Gasteiger partial charge in [0.05, 0.1) is 18.8 Å². The molecule has 0 bridgehead atoms. The number of piperidine rings is 1. The van der Waals surface area contributed by atoms with E-state index in [1.54, 1.807) is 4.90 Å². The van der Waals surface area contributed by atoms with Gasteiger partial charge in [0.1, 0.15) is 5.75 Å². The Labute approximate surface area is 145 Å². The smallest absolute Gasteiger partial charge is 0.419 e. The summed E-state index contributed by atoms with van der Waals surface area (Å²) < 4.78 is 49.4. The number of para-hydroxylation sites is 1. The lowest BCUT2D eigenvalue weighted by atomic mass is 9.98. The van der Waals surface area contributed by atoms with Crippen LogP contribution in [0.1, 0.15) is 38.2 Å². The van der Waals surface area contributed by atoms with Crippen molar-refractivity contribution in [2.45, 2.75) is 38.8 Å². The predicted octanol–water partition coefficient (Wildman–Crippen LogP) is 4.73.